The lowest BCUT2D eigenvalue weighted by molar-refractivity contribution is 0.00292. The zero-order chi connectivity index (χ0) is 10.7. The summed E-state index contributed by atoms with van der Waals surface area (Å²) in [5.41, 5.74) is 1.20. The maximum Gasteiger partial charge on any atom is 0.126 e. The Hall–Kier alpha value is -1.09. The molecule has 1 aromatic heterocycles. The fourth-order valence-electron chi connectivity index (χ4n) is 1.82. The SMILES string of the molecule is CCOC1CC(Nc2ccc(C)cn2)C1. The number of nitrogens with one attached hydrogen (secondary N) is 1. The van der Waals surface area contributed by atoms with E-state index >= 15 is 0 Å². The lowest BCUT2D eigenvalue weighted by Crippen LogP contribution is -2.40. The average molecular weight is 206 g/mol. The Morgan fingerprint density at radius 1 is 1.47 bits per heavy atom. The van der Waals surface area contributed by atoms with E-state index in [-0.39, 0.29) is 0 Å². The molecule has 0 aromatic carbocycles. The molecule has 1 aliphatic rings. The predicted molar refractivity (Wildman–Crippen MR) is 61.0 cm³/mol. The summed E-state index contributed by atoms with van der Waals surface area (Å²) in [6.07, 6.45) is 4.55. The highest BCUT2D eigenvalue weighted by molar-refractivity contribution is 5.37. The standard InChI is InChI=1S/C12H18N2O/c1-3-15-11-6-10(7-11)14-12-5-4-9(2)8-13-12/h4-5,8,10-11H,3,6-7H2,1-2H3,(H,13,14). The minimum Gasteiger partial charge on any atom is -0.378 e. The van der Waals surface area contributed by atoms with E-state index in [0.717, 1.165) is 25.3 Å². The van der Waals surface area contributed by atoms with E-state index in [9.17, 15) is 0 Å². The van der Waals surface area contributed by atoms with Gasteiger partial charge in [0, 0.05) is 18.8 Å². The van der Waals surface area contributed by atoms with Crippen molar-refractivity contribution in [1.82, 2.24) is 4.98 Å². The van der Waals surface area contributed by atoms with Crippen molar-refractivity contribution in [3.05, 3.63) is 23.9 Å². The number of nitrogens with zero attached hydrogens (tertiary/aromatic N) is 1. The van der Waals surface area contributed by atoms with E-state index in [1.54, 1.807) is 0 Å². The maximum atomic E-state index is 5.50. The number of pyridine rings is 1. The molecule has 15 heavy (non-hydrogen) atoms. The molecule has 0 radical (unpaired) electrons. The van der Waals surface area contributed by atoms with Crippen molar-refractivity contribution in [3.63, 3.8) is 0 Å². The highest BCUT2D eigenvalue weighted by Crippen LogP contribution is 2.26. The number of hydrogen-bond donors (Lipinski definition) is 1. The van der Waals surface area contributed by atoms with Gasteiger partial charge in [-0.25, -0.2) is 4.98 Å². The van der Waals surface area contributed by atoms with Crippen LogP contribution in [-0.4, -0.2) is 23.7 Å². The van der Waals surface area contributed by atoms with E-state index in [2.05, 4.69) is 16.4 Å². The number of aromatic nitrogens is 1. The van der Waals surface area contributed by atoms with Gasteiger partial charge in [0.2, 0.25) is 0 Å². The highest BCUT2D eigenvalue weighted by Gasteiger charge is 2.29. The molecule has 1 heterocycles. The Balaban J connectivity index is 1.77. The molecule has 0 spiro atoms. The molecular formula is C12H18N2O. The zero-order valence-corrected chi connectivity index (χ0v) is 9.36. The van der Waals surface area contributed by atoms with Gasteiger partial charge in [0.25, 0.3) is 0 Å². The molecule has 1 saturated carbocycles. The quantitative estimate of drug-likeness (QED) is 0.821. The van der Waals surface area contributed by atoms with Gasteiger partial charge in [0.1, 0.15) is 5.82 Å². The first-order valence-corrected chi connectivity index (χ1v) is 5.58. The molecule has 0 amide bonds. The minimum atomic E-state index is 0.456. The van der Waals surface area contributed by atoms with Crippen LogP contribution in [0.25, 0.3) is 0 Å². The minimum absolute atomic E-state index is 0.456. The molecule has 0 saturated heterocycles. The van der Waals surface area contributed by atoms with Gasteiger partial charge in [-0.3, -0.25) is 0 Å². The van der Waals surface area contributed by atoms with Crippen LogP contribution in [0.3, 0.4) is 0 Å². The molecule has 0 aliphatic heterocycles. The fraction of sp³-hybridized carbons (Fsp3) is 0.583. The molecule has 2 rings (SSSR count). The summed E-state index contributed by atoms with van der Waals surface area (Å²) >= 11 is 0. The van der Waals surface area contributed by atoms with E-state index in [4.69, 9.17) is 4.74 Å². The van der Waals surface area contributed by atoms with Crippen molar-refractivity contribution in [2.24, 2.45) is 0 Å². The number of aryl methyl sites for hydroxylation is 1. The summed E-state index contributed by atoms with van der Waals surface area (Å²) in [5.74, 6) is 0.973. The average Bonchev–Trinajstić information content (AvgIpc) is 2.18. The smallest absolute Gasteiger partial charge is 0.126 e. The van der Waals surface area contributed by atoms with Crippen LogP contribution in [0.2, 0.25) is 0 Å². The number of hydrogen-bond acceptors (Lipinski definition) is 3. The first kappa shape index (κ1) is 10.4. The molecular weight excluding hydrogens is 188 g/mol. The van der Waals surface area contributed by atoms with E-state index < -0.39 is 0 Å². The Morgan fingerprint density at radius 3 is 2.87 bits per heavy atom. The van der Waals surface area contributed by atoms with Crippen LogP contribution in [0.15, 0.2) is 18.3 Å². The fourth-order valence-corrected chi connectivity index (χ4v) is 1.82. The van der Waals surface area contributed by atoms with Crippen molar-refractivity contribution in [2.75, 3.05) is 11.9 Å². The lowest BCUT2D eigenvalue weighted by atomic mass is 9.89. The van der Waals surface area contributed by atoms with Crippen LogP contribution in [-0.2, 0) is 4.74 Å². The van der Waals surface area contributed by atoms with Gasteiger partial charge in [0.15, 0.2) is 0 Å². The van der Waals surface area contributed by atoms with Crippen molar-refractivity contribution < 1.29 is 4.74 Å². The summed E-state index contributed by atoms with van der Waals surface area (Å²) in [7, 11) is 0. The second-order valence-corrected chi connectivity index (χ2v) is 4.11. The summed E-state index contributed by atoms with van der Waals surface area (Å²) in [5, 5.41) is 3.40. The molecule has 3 nitrogen and oxygen atoms in total. The topological polar surface area (TPSA) is 34.1 Å². The molecule has 1 aliphatic carbocycles. The van der Waals surface area contributed by atoms with E-state index in [1.807, 2.05) is 26.1 Å². The monoisotopic (exact) mass is 206 g/mol. The summed E-state index contributed by atoms with van der Waals surface area (Å²) < 4.78 is 5.50. The Kier molecular flexibility index (Phi) is 3.21. The number of ether oxygens (including phenoxy) is 1. The zero-order valence-electron chi connectivity index (χ0n) is 9.36. The molecule has 1 N–H and O–H groups in total. The van der Waals surface area contributed by atoms with Crippen LogP contribution < -0.4 is 5.32 Å². The molecule has 1 aromatic rings. The third-order valence-corrected chi connectivity index (χ3v) is 2.76. The Labute approximate surface area is 90.9 Å². The van der Waals surface area contributed by atoms with Crippen molar-refractivity contribution in [2.45, 2.75) is 38.8 Å². The summed E-state index contributed by atoms with van der Waals surface area (Å²) in [4.78, 5) is 4.32. The number of rotatable bonds is 4. The second kappa shape index (κ2) is 4.62. The van der Waals surface area contributed by atoms with Gasteiger partial charge in [-0.1, -0.05) is 6.07 Å². The van der Waals surface area contributed by atoms with Gasteiger partial charge in [-0.15, -0.1) is 0 Å². The van der Waals surface area contributed by atoms with Gasteiger partial charge in [-0.05, 0) is 38.3 Å². The van der Waals surface area contributed by atoms with Crippen LogP contribution in [0.4, 0.5) is 5.82 Å². The van der Waals surface area contributed by atoms with Crippen molar-refractivity contribution in [1.29, 1.82) is 0 Å². The van der Waals surface area contributed by atoms with Crippen LogP contribution in [0, 0.1) is 6.92 Å². The maximum absolute atomic E-state index is 5.50. The Bertz CT molecular complexity index is 304. The second-order valence-electron chi connectivity index (χ2n) is 4.11. The lowest BCUT2D eigenvalue weighted by Gasteiger charge is -2.35. The van der Waals surface area contributed by atoms with Gasteiger partial charge < -0.3 is 10.1 Å². The third kappa shape index (κ3) is 2.69. The largest absolute Gasteiger partial charge is 0.378 e. The molecule has 82 valence electrons. The van der Waals surface area contributed by atoms with Crippen LogP contribution in [0.5, 0.6) is 0 Å². The summed E-state index contributed by atoms with van der Waals surface area (Å²) in [6, 6.07) is 4.65. The normalized spacial score (nSPS) is 24.7. The van der Waals surface area contributed by atoms with Crippen molar-refractivity contribution in [3.8, 4) is 0 Å². The molecule has 0 unspecified atom stereocenters. The van der Waals surface area contributed by atoms with E-state index in [0.29, 0.717) is 12.1 Å². The van der Waals surface area contributed by atoms with Gasteiger partial charge >= 0.3 is 0 Å². The first-order valence-electron chi connectivity index (χ1n) is 5.58. The van der Waals surface area contributed by atoms with Gasteiger partial charge in [-0.2, -0.15) is 0 Å². The molecule has 0 bridgehead atoms. The number of anilines is 1. The molecule has 3 heteroatoms. The van der Waals surface area contributed by atoms with E-state index in [1.165, 1.54) is 5.56 Å². The van der Waals surface area contributed by atoms with Crippen molar-refractivity contribution >= 4 is 5.82 Å². The van der Waals surface area contributed by atoms with Gasteiger partial charge in [0.05, 0.1) is 6.10 Å². The van der Waals surface area contributed by atoms with Crippen LogP contribution >= 0.6 is 0 Å². The molecule has 1 fully saturated rings. The summed E-state index contributed by atoms with van der Waals surface area (Å²) in [6.45, 7) is 4.91. The Morgan fingerprint density at radius 2 is 2.27 bits per heavy atom. The third-order valence-electron chi connectivity index (χ3n) is 2.76. The molecule has 0 atom stereocenters. The van der Waals surface area contributed by atoms with Crippen LogP contribution in [0.1, 0.15) is 25.3 Å². The first-order chi connectivity index (χ1) is 7.28. The predicted octanol–water partition coefficient (Wildman–Crippen LogP) is 2.37. The highest BCUT2D eigenvalue weighted by atomic mass is 16.5.